The molecule has 0 radical (unpaired) electrons. The number of benzene rings is 1. The van der Waals surface area contributed by atoms with Crippen LogP contribution in [0.3, 0.4) is 0 Å². The van der Waals surface area contributed by atoms with Crippen LogP contribution in [0.5, 0.6) is 0 Å². The minimum Gasteiger partial charge on any atom is -0.384 e. The number of likely N-dealkylation sites (tertiary alicyclic amines) is 1. The molecule has 2 nitrogen and oxygen atoms in total. The summed E-state index contributed by atoms with van der Waals surface area (Å²) in [6.07, 6.45) is 4.00. The molecule has 0 aromatic heterocycles. The molecule has 1 saturated heterocycles. The first-order chi connectivity index (χ1) is 10.2. The quantitative estimate of drug-likeness (QED) is 0.862. The third-order valence-corrected chi connectivity index (χ3v) is 4.45. The fourth-order valence-corrected chi connectivity index (χ4v) is 3.15. The Kier molecular flexibility index (Phi) is 6.29. The van der Waals surface area contributed by atoms with Crippen molar-refractivity contribution in [1.29, 1.82) is 0 Å². The van der Waals surface area contributed by atoms with Crippen LogP contribution in [0, 0.1) is 23.7 Å². The smallest absolute Gasteiger partial charge is 0.104 e. The van der Waals surface area contributed by atoms with Crippen molar-refractivity contribution < 1.29 is 5.11 Å². The third kappa shape index (κ3) is 5.19. The predicted molar refractivity (Wildman–Crippen MR) is 87.9 cm³/mol. The molecule has 114 valence electrons. The van der Waals surface area contributed by atoms with Gasteiger partial charge in [0.25, 0.3) is 0 Å². The first kappa shape index (κ1) is 16.1. The molecule has 2 rings (SSSR count). The van der Waals surface area contributed by atoms with Gasteiger partial charge in [-0.05, 0) is 61.9 Å². The van der Waals surface area contributed by atoms with Gasteiger partial charge in [-0.15, -0.1) is 0 Å². The van der Waals surface area contributed by atoms with E-state index in [2.05, 4.69) is 48.8 Å². The lowest BCUT2D eigenvalue weighted by molar-refractivity contribution is 0.265. The summed E-state index contributed by atoms with van der Waals surface area (Å²) >= 11 is 0. The summed E-state index contributed by atoms with van der Waals surface area (Å²) in [5, 5.41) is 8.78. The molecule has 1 aromatic carbocycles. The number of rotatable bonds is 3. The van der Waals surface area contributed by atoms with Crippen molar-refractivity contribution in [3.05, 3.63) is 35.4 Å². The fourth-order valence-electron chi connectivity index (χ4n) is 3.15. The first-order valence-electron chi connectivity index (χ1n) is 8.10. The standard InChI is InChI=1S/C19H27NO/c1-16(2)19-9-4-11-20(12-10-19)15-18-7-3-6-17(14-18)8-5-13-21/h3,6-7,14,16,19,21H,4,9-13,15H2,1-2H3. The highest BCUT2D eigenvalue weighted by molar-refractivity contribution is 5.37. The van der Waals surface area contributed by atoms with Crippen LogP contribution >= 0.6 is 0 Å². The molecule has 0 spiro atoms. The van der Waals surface area contributed by atoms with E-state index < -0.39 is 0 Å². The van der Waals surface area contributed by atoms with Crippen LogP contribution < -0.4 is 0 Å². The van der Waals surface area contributed by atoms with Crippen molar-refractivity contribution in [3.8, 4) is 11.8 Å². The lowest BCUT2D eigenvalue weighted by atomic mass is 9.89. The molecule has 2 heteroatoms. The highest BCUT2D eigenvalue weighted by Crippen LogP contribution is 2.25. The van der Waals surface area contributed by atoms with Gasteiger partial charge in [0.2, 0.25) is 0 Å². The van der Waals surface area contributed by atoms with Crippen LogP contribution in [-0.4, -0.2) is 29.7 Å². The highest BCUT2D eigenvalue weighted by atomic mass is 16.2. The molecule has 1 heterocycles. The van der Waals surface area contributed by atoms with Crippen LogP contribution in [0.2, 0.25) is 0 Å². The van der Waals surface area contributed by atoms with Gasteiger partial charge in [0.05, 0.1) is 0 Å². The second kappa shape index (κ2) is 8.22. The van der Waals surface area contributed by atoms with Gasteiger partial charge < -0.3 is 5.11 Å². The Labute approximate surface area is 129 Å². The summed E-state index contributed by atoms with van der Waals surface area (Å²) in [5.74, 6) is 7.40. The van der Waals surface area contributed by atoms with Crippen LogP contribution in [0.15, 0.2) is 24.3 Å². The fraction of sp³-hybridized carbons (Fsp3) is 0.579. The van der Waals surface area contributed by atoms with Crippen LogP contribution in [0.25, 0.3) is 0 Å². The van der Waals surface area contributed by atoms with E-state index in [1.54, 1.807) is 0 Å². The zero-order valence-electron chi connectivity index (χ0n) is 13.3. The molecule has 1 aliphatic heterocycles. The van der Waals surface area contributed by atoms with E-state index in [1.165, 1.54) is 37.9 Å². The zero-order chi connectivity index (χ0) is 15.1. The van der Waals surface area contributed by atoms with E-state index in [1.807, 2.05) is 6.07 Å². The van der Waals surface area contributed by atoms with Crippen molar-refractivity contribution in [1.82, 2.24) is 4.90 Å². The average molecular weight is 285 g/mol. The van der Waals surface area contributed by atoms with Gasteiger partial charge >= 0.3 is 0 Å². The first-order valence-corrected chi connectivity index (χ1v) is 8.10. The van der Waals surface area contributed by atoms with Gasteiger partial charge in [0.15, 0.2) is 0 Å². The van der Waals surface area contributed by atoms with Crippen molar-refractivity contribution in [2.24, 2.45) is 11.8 Å². The minimum atomic E-state index is -0.0764. The molecule has 0 amide bonds. The van der Waals surface area contributed by atoms with Gasteiger partial charge in [-0.3, -0.25) is 4.90 Å². The number of hydrogen-bond donors (Lipinski definition) is 1. The zero-order valence-corrected chi connectivity index (χ0v) is 13.3. The van der Waals surface area contributed by atoms with E-state index in [4.69, 9.17) is 5.11 Å². The van der Waals surface area contributed by atoms with Crippen LogP contribution in [0.1, 0.15) is 44.2 Å². The molecular formula is C19H27NO. The maximum absolute atomic E-state index is 8.78. The number of nitrogens with zero attached hydrogens (tertiary/aromatic N) is 1. The summed E-state index contributed by atoms with van der Waals surface area (Å²) in [6.45, 7) is 8.05. The Hall–Kier alpha value is -1.30. The number of hydrogen-bond acceptors (Lipinski definition) is 2. The van der Waals surface area contributed by atoms with E-state index in [-0.39, 0.29) is 6.61 Å². The van der Waals surface area contributed by atoms with Gasteiger partial charge in [0, 0.05) is 12.1 Å². The number of aliphatic hydroxyl groups is 1. The Morgan fingerprint density at radius 1 is 1.29 bits per heavy atom. The maximum atomic E-state index is 8.78. The molecule has 21 heavy (non-hydrogen) atoms. The lowest BCUT2D eigenvalue weighted by Gasteiger charge is -2.21. The van der Waals surface area contributed by atoms with E-state index >= 15 is 0 Å². The molecule has 1 unspecified atom stereocenters. The molecule has 1 atom stereocenters. The monoisotopic (exact) mass is 285 g/mol. The largest absolute Gasteiger partial charge is 0.384 e. The van der Waals surface area contributed by atoms with E-state index in [9.17, 15) is 0 Å². The minimum absolute atomic E-state index is 0.0764. The Balaban J connectivity index is 1.95. The topological polar surface area (TPSA) is 23.5 Å². The van der Waals surface area contributed by atoms with E-state index in [0.29, 0.717) is 0 Å². The Morgan fingerprint density at radius 2 is 2.14 bits per heavy atom. The molecular weight excluding hydrogens is 258 g/mol. The second-order valence-electron chi connectivity index (χ2n) is 6.37. The van der Waals surface area contributed by atoms with E-state index in [0.717, 1.165) is 23.9 Å². The van der Waals surface area contributed by atoms with Crippen molar-refractivity contribution in [2.75, 3.05) is 19.7 Å². The normalized spacial score (nSPS) is 19.9. The molecule has 1 fully saturated rings. The summed E-state index contributed by atoms with van der Waals surface area (Å²) in [5.41, 5.74) is 2.32. The van der Waals surface area contributed by atoms with Crippen LogP contribution in [-0.2, 0) is 6.54 Å². The average Bonchev–Trinajstić information content (AvgIpc) is 2.71. The summed E-state index contributed by atoms with van der Waals surface area (Å²) in [4.78, 5) is 2.57. The van der Waals surface area contributed by atoms with Gasteiger partial charge in [-0.25, -0.2) is 0 Å². The van der Waals surface area contributed by atoms with Crippen molar-refractivity contribution in [2.45, 2.75) is 39.7 Å². The SMILES string of the molecule is CC(C)C1CCCN(Cc2cccc(C#CCO)c2)CC1. The molecule has 1 aliphatic rings. The highest BCUT2D eigenvalue weighted by Gasteiger charge is 2.19. The summed E-state index contributed by atoms with van der Waals surface area (Å²) in [6, 6.07) is 8.39. The Morgan fingerprint density at radius 3 is 2.90 bits per heavy atom. The molecule has 0 bridgehead atoms. The summed E-state index contributed by atoms with van der Waals surface area (Å²) in [7, 11) is 0. The number of aliphatic hydroxyl groups excluding tert-OH is 1. The molecule has 1 aromatic rings. The van der Waals surface area contributed by atoms with Crippen molar-refractivity contribution in [3.63, 3.8) is 0 Å². The van der Waals surface area contributed by atoms with Crippen LogP contribution in [0.4, 0.5) is 0 Å². The summed E-state index contributed by atoms with van der Waals surface area (Å²) < 4.78 is 0. The molecule has 0 aliphatic carbocycles. The third-order valence-electron chi connectivity index (χ3n) is 4.45. The molecule has 1 N–H and O–H groups in total. The predicted octanol–water partition coefficient (Wildman–Crippen LogP) is 3.29. The van der Waals surface area contributed by atoms with Crippen molar-refractivity contribution >= 4 is 0 Å². The van der Waals surface area contributed by atoms with Gasteiger partial charge in [-0.2, -0.15) is 0 Å². The lowest BCUT2D eigenvalue weighted by Crippen LogP contribution is -2.24. The Bertz CT molecular complexity index is 498. The van der Waals surface area contributed by atoms with Gasteiger partial charge in [-0.1, -0.05) is 37.8 Å². The molecule has 0 saturated carbocycles. The second-order valence-corrected chi connectivity index (χ2v) is 6.37. The van der Waals surface area contributed by atoms with Gasteiger partial charge in [0.1, 0.15) is 6.61 Å². The maximum Gasteiger partial charge on any atom is 0.104 e.